The largest absolute Gasteiger partial charge is 0.497 e. The monoisotopic (exact) mass is 418 g/mol. The summed E-state index contributed by atoms with van der Waals surface area (Å²) in [5.74, 6) is -0.0144. The predicted octanol–water partition coefficient (Wildman–Crippen LogP) is 2.30. The third-order valence-corrected chi connectivity index (χ3v) is 7.01. The summed E-state index contributed by atoms with van der Waals surface area (Å²) in [6, 6.07) is 15.0. The maximum absolute atomic E-state index is 13.5. The van der Waals surface area contributed by atoms with Gasteiger partial charge in [-0.2, -0.15) is 0 Å². The van der Waals surface area contributed by atoms with E-state index in [9.17, 15) is 9.59 Å². The second kappa shape index (κ2) is 7.50. The van der Waals surface area contributed by atoms with Crippen molar-refractivity contribution in [3.63, 3.8) is 0 Å². The molecule has 2 amide bonds. The molecule has 0 bridgehead atoms. The van der Waals surface area contributed by atoms with Crippen LogP contribution in [0.1, 0.15) is 35.6 Å². The Hall–Kier alpha value is -3.19. The molecule has 0 aliphatic carbocycles. The molecule has 0 saturated carbocycles. The minimum absolute atomic E-state index is 0.0210. The number of hydrogen-bond donors (Lipinski definition) is 2. The van der Waals surface area contributed by atoms with Crippen molar-refractivity contribution in [3.8, 4) is 5.75 Å². The number of imide groups is 1. The second-order valence-electron chi connectivity index (χ2n) is 8.59. The molecule has 4 atom stereocenters. The summed E-state index contributed by atoms with van der Waals surface area (Å²) < 4.78 is 5.20. The molecule has 5 rings (SSSR count). The number of nitrogens with two attached hydrogens (primary N) is 1. The highest BCUT2D eigenvalue weighted by Gasteiger charge is 2.62. The highest BCUT2D eigenvalue weighted by atomic mass is 16.5. The van der Waals surface area contributed by atoms with E-state index in [-0.39, 0.29) is 48.1 Å². The molecule has 31 heavy (non-hydrogen) atoms. The van der Waals surface area contributed by atoms with Gasteiger partial charge >= 0.3 is 0 Å². The fourth-order valence-electron chi connectivity index (χ4n) is 5.59. The van der Waals surface area contributed by atoms with Crippen molar-refractivity contribution in [3.05, 3.63) is 65.2 Å². The Balaban J connectivity index is 1.45. The van der Waals surface area contributed by atoms with E-state index >= 15 is 0 Å². The summed E-state index contributed by atoms with van der Waals surface area (Å²) in [5, 5.41) is 7.62. The highest BCUT2D eigenvalue weighted by molar-refractivity contribution is 6.06. The van der Waals surface area contributed by atoms with Gasteiger partial charge in [0.25, 0.3) is 0 Å². The first-order valence-corrected chi connectivity index (χ1v) is 10.7. The summed E-state index contributed by atoms with van der Waals surface area (Å²) in [7, 11) is 1.61. The van der Waals surface area contributed by atoms with Crippen LogP contribution in [-0.4, -0.2) is 47.1 Å². The van der Waals surface area contributed by atoms with Crippen molar-refractivity contribution in [1.29, 1.82) is 5.41 Å². The lowest BCUT2D eigenvalue weighted by molar-refractivity contribution is -0.142. The van der Waals surface area contributed by atoms with Crippen molar-refractivity contribution < 1.29 is 14.3 Å². The lowest BCUT2D eigenvalue weighted by Crippen LogP contribution is -2.38. The normalized spacial score (nSPS) is 27.5. The first kappa shape index (κ1) is 19.8. The summed E-state index contributed by atoms with van der Waals surface area (Å²) >= 11 is 0. The van der Waals surface area contributed by atoms with Gasteiger partial charge in [0.2, 0.25) is 11.8 Å². The Labute approximate surface area is 181 Å². The van der Waals surface area contributed by atoms with E-state index in [1.54, 1.807) is 7.11 Å². The minimum Gasteiger partial charge on any atom is -0.497 e. The van der Waals surface area contributed by atoms with Crippen molar-refractivity contribution >= 4 is 17.6 Å². The third-order valence-electron chi connectivity index (χ3n) is 7.01. The van der Waals surface area contributed by atoms with E-state index in [1.807, 2.05) is 48.5 Å². The average molecular weight is 418 g/mol. The lowest BCUT2D eigenvalue weighted by Gasteiger charge is -2.29. The van der Waals surface area contributed by atoms with Crippen LogP contribution < -0.4 is 10.5 Å². The Bertz CT molecular complexity index is 1030. The van der Waals surface area contributed by atoms with Crippen LogP contribution in [0.4, 0.5) is 0 Å². The molecule has 0 unspecified atom stereocenters. The average Bonchev–Trinajstić information content (AvgIpc) is 3.43. The van der Waals surface area contributed by atoms with Gasteiger partial charge in [0, 0.05) is 17.6 Å². The molecule has 0 aromatic heterocycles. The summed E-state index contributed by atoms with van der Waals surface area (Å²) in [6.07, 6.45) is 1.98. The number of nitrogen functional groups attached to an aromatic ring is 1. The number of likely N-dealkylation sites (tertiary alicyclic amines) is 1. The van der Waals surface area contributed by atoms with E-state index < -0.39 is 0 Å². The molecular formula is C24H26N4O3. The van der Waals surface area contributed by atoms with E-state index in [1.165, 1.54) is 4.90 Å². The number of ether oxygens (including phenoxy) is 1. The van der Waals surface area contributed by atoms with Gasteiger partial charge < -0.3 is 10.5 Å². The lowest BCUT2D eigenvalue weighted by atomic mass is 9.85. The molecule has 0 radical (unpaired) electrons. The predicted molar refractivity (Wildman–Crippen MR) is 115 cm³/mol. The smallest absolute Gasteiger partial charge is 0.235 e. The van der Waals surface area contributed by atoms with E-state index in [4.69, 9.17) is 15.9 Å². The number of methoxy groups -OCH3 is 1. The van der Waals surface area contributed by atoms with Crippen molar-refractivity contribution in [2.75, 3.05) is 13.7 Å². The third kappa shape index (κ3) is 3.11. The zero-order chi connectivity index (χ0) is 21.7. The summed E-state index contributed by atoms with van der Waals surface area (Å²) in [6.45, 7) is 1.19. The van der Waals surface area contributed by atoms with Gasteiger partial charge in [-0.25, -0.2) is 0 Å². The Morgan fingerprint density at radius 1 is 1.06 bits per heavy atom. The molecule has 7 heteroatoms. The summed E-state index contributed by atoms with van der Waals surface area (Å²) in [4.78, 5) is 30.7. The van der Waals surface area contributed by atoms with Crippen LogP contribution in [0.3, 0.4) is 0 Å². The van der Waals surface area contributed by atoms with Crippen molar-refractivity contribution in [1.82, 2.24) is 9.80 Å². The quantitative estimate of drug-likeness (QED) is 0.441. The van der Waals surface area contributed by atoms with Crippen molar-refractivity contribution in [2.24, 2.45) is 17.6 Å². The number of fused-ring (bicyclic) bond motifs is 3. The zero-order valence-corrected chi connectivity index (χ0v) is 17.5. The number of carbonyl (C=O) groups is 2. The van der Waals surface area contributed by atoms with E-state index in [0.29, 0.717) is 5.56 Å². The number of nitrogens with one attached hydrogen (secondary N) is 1. The molecule has 2 aromatic rings. The van der Waals surface area contributed by atoms with Crippen LogP contribution >= 0.6 is 0 Å². The Morgan fingerprint density at radius 2 is 1.74 bits per heavy atom. The van der Waals surface area contributed by atoms with E-state index in [0.717, 1.165) is 36.3 Å². The van der Waals surface area contributed by atoms with Crippen LogP contribution in [0, 0.1) is 17.2 Å². The molecular weight excluding hydrogens is 392 g/mol. The molecule has 7 nitrogen and oxygen atoms in total. The number of nitrogens with zero attached hydrogens (tertiary/aromatic N) is 2. The maximum Gasteiger partial charge on any atom is 0.235 e. The molecule has 3 N–H and O–H groups in total. The molecule has 2 aromatic carbocycles. The SMILES string of the molecule is COc1ccc(CN2C(=O)[C@@H]3[C@H](C2=O)[C@H]2CCCN2[C@@H]3c2ccc(C(=N)N)cc2)cc1. The first-order valence-electron chi connectivity index (χ1n) is 10.7. The number of benzene rings is 2. The van der Waals surface area contributed by atoms with Gasteiger partial charge in [-0.15, -0.1) is 0 Å². The fourth-order valence-corrected chi connectivity index (χ4v) is 5.59. The second-order valence-corrected chi connectivity index (χ2v) is 8.59. The Morgan fingerprint density at radius 3 is 2.39 bits per heavy atom. The molecule has 3 heterocycles. The summed E-state index contributed by atoms with van der Waals surface area (Å²) in [5.41, 5.74) is 8.18. The van der Waals surface area contributed by atoms with Gasteiger partial charge in [0.05, 0.1) is 25.5 Å². The van der Waals surface area contributed by atoms with Crippen LogP contribution in [0.5, 0.6) is 5.75 Å². The van der Waals surface area contributed by atoms with Gasteiger partial charge in [0.15, 0.2) is 0 Å². The fraction of sp³-hybridized carbons (Fsp3) is 0.375. The standard InChI is InChI=1S/C24H26N4O3/c1-31-17-10-4-14(5-11-17)13-28-23(29)19-18-3-2-12-27(18)21(20(19)24(28)30)15-6-8-16(9-7-15)22(25)26/h4-11,18-21H,2-3,12-13H2,1H3,(H3,25,26)/t18-,19-,20-,21-/m1/s1. The van der Waals surface area contributed by atoms with Gasteiger partial charge in [-0.1, -0.05) is 36.4 Å². The minimum atomic E-state index is -0.362. The molecule has 0 spiro atoms. The highest BCUT2D eigenvalue weighted by Crippen LogP contribution is 2.53. The number of rotatable bonds is 5. The van der Waals surface area contributed by atoms with Crippen molar-refractivity contribution in [2.45, 2.75) is 31.5 Å². The van der Waals surface area contributed by atoms with Crippen LogP contribution in [0.2, 0.25) is 0 Å². The van der Waals surface area contributed by atoms with Crippen LogP contribution in [-0.2, 0) is 16.1 Å². The molecule has 3 aliphatic heterocycles. The first-order chi connectivity index (χ1) is 15.0. The van der Waals surface area contributed by atoms with Gasteiger partial charge in [0.1, 0.15) is 11.6 Å². The number of amidine groups is 1. The molecule has 3 saturated heterocycles. The van der Waals surface area contributed by atoms with Crippen LogP contribution in [0.25, 0.3) is 0 Å². The van der Waals surface area contributed by atoms with E-state index in [2.05, 4.69) is 4.90 Å². The number of amides is 2. The van der Waals surface area contributed by atoms with Crippen LogP contribution in [0.15, 0.2) is 48.5 Å². The Kier molecular flexibility index (Phi) is 4.78. The van der Waals surface area contributed by atoms with Gasteiger partial charge in [-0.05, 0) is 42.6 Å². The number of carbonyl (C=O) groups excluding carboxylic acids is 2. The topological polar surface area (TPSA) is 99.7 Å². The molecule has 3 fully saturated rings. The number of hydrogen-bond acceptors (Lipinski definition) is 5. The zero-order valence-electron chi connectivity index (χ0n) is 17.5. The molecule has 160 valence electrons. The maximum atomic E-state index is 13.5. The molecule has 3 aliphatic rings. The van der Waals surface area contributed by atoms with Gasteiger partial charge in [-0.3, -0.25) is 24.8 Å².